The summed E-state index contributed by atoms with van der Waals surface area (Å²) in [6.07, 6.45) is -5.78. The van der Waals surface area contributed by atoms with Crippen LogP contribution in [0.4, 0.5) is 13.2 Å². The van der Waals surface area contributed by atoms with Crippen molar-refractivity contribution < 1.29 is 27.9 Å². The van der Waals surface area contributed by atoms with Crippen molar-refractivity contribution in [2.45, 2.75) is 32.2 Å². The highest BCUT2D eigenvalue weighted by Gasteiger charge is 2.30. The lowest BCUT2D eigenvalue weighted by molar-refractivity contribution is -0.137. The van der Waals surface area contributed by atoms with E-state index in [9.17, 15) is 27.9 Å². The van der Waals surface area contributed by atoms with Gasteiger partial charge < -0.3 is 15.7 Å². The molecular formula is C14H17F3N2O3. The summed E-state index contributed by atoms with van der Waals surface area (Å²) in [6.45, 7) is 2.44. The van der Waals surface area contributed by atoms with Crippen molar-refractivity contribution in [3.05, 3.63) is 35.4 Å². The van der Waals surface area contributed by atoms with Gasteiger partial charge in [-0.05, 0) is 24.6 Å². The van der Waals surface area contributed by atoms with Crippen LogP contribution in [0.15, 0.2) is 24.3 Å². The molecule has 1 aromatic rings. The van der Waals surface area contributed by atoms with E-state index in [4.69, 9.17) is 0 Å². The molecule has 5 nitrogen and oxygen atoms in total. The predicted octanol–water partition coefficient (Wildman–Crippen LogP) is 1.38. The first-order chi connectivity index (χ1) is 10.1. The molecule has 1 aromatic carbocycles. The Kier molecular flexibility index (Phi) is 5.92. The Hall–Kier alpha value is -2.09. The summed E-state index contributed by atoms with van der Waals surface area (Å²) >= 11 is 0. The molecule has 0 bridgehead atoms. The summed E-state index contributed by atoms with van der Waals surface area (Å²) in [5.74, 6) is -0.928. The molecule has 0 saturated heterocycles. The molecule has 0 aromatic heterocycles. The van der Waals surface area contributed by atoms with Gasteiger partial charge in [-0.3, -0.25) is 9.59 Å². The lowest BCUT2D eigenvalue weighted by Gasteiger charge is -2.17. The molecule has 8 heteroatoms. The monoisotopic (exact) mass is 318 g/mol. The number of alkyl halides is 3. The molecule has 22 heavy (non-hydrogen) atoms. The quantitative estimate of drug-likeness (QED) is 0.767. The van der Waals surface area contributed by atoms with E-state index in [1.54, 1.807) is 0 Å². The molecule has 0 radical (unpaired) electrons. The molecule has 0 saturated carbocycles. The third-order valence-corrected chi connectivity index (χ3v) is 2.88. The van der Waals surface area contributed by atoms with Crippen molar-refractivity contribution in [3.63, 3.8) is 0 Å². The van der Waals surface area contributed by atoms with Crippen molar-refractivity contribution in [2.24, 2.45) is 0 Å². The molecule has 2 atom stereocenters. The van der Waals surface area contributed by atoms with Gasteiger partial charge in [-0.25, -0.2) is 0 Å². The molecule has 122 valence electrons. The molecular weight excluding hydrogens is 301 g/mol. The van der Waals surface area contributed by atoms with Crippen molar-refractivity contribution in [1.82, 2.24) is 10.6 Å². The number of aliphatic hydroxyl groups is 1. The molecule has 2 amide bonds. The van der Waals surface area contributed by atoms with Crippen LogP contribution in [0.1, 0.15) is 31.1 Å². The van der Waals surface area contributed by atoms with Gasteiger partial charge in [0.2, 0.25) is 11.8 Å². The molecule has 0 aliphatic heterocycles. The van der Waals surface area contributed by atoms with E-state index in [-0.39, 0.29) is 18.0 Å². The second kappa shape index (κ2) is 7.26. The first-order valence-electron chi connectivity index (χ1n) is 6.51. The van der Waals surface area contributed by atoms with Crippen molar-refractivity contribution in [2.75, 3.05) is 6.54 Å². The average molecular weight is 318 g/mol. The fraction of sp³-hybridized carbons (Fsp3) is 0.429. The average Bonchev–Trinajstić information content (AvgIpc) is 2.42. The first kappa shape index (κ1) is 18.0. The third kappa shape index (κ3) is 5.36. The van der Waals surface area contributed by atoms with Gasteiger partial charge in [-0.15, -0.1) is 0 Å². The van der Waals surface area contributed by atoms with Crippen LogP contribution in [0, 0.1) is 0 Å². The fourth-order valence-corrected chi connectivity index (χ4v) is 1.76. The third-order valence-electron chi connectivity index (χ3n) is 2.88. The highest BCUT2D eigenvalue weighted by atomic mass is 19.4. The Bertz CT molecular complexity index is 546. The Morgan fingerprint density at radius 1 is 1.32 bits per heavy atom. The number of carbonyl (C=O) groups excluding carboxylic acids is 2. The zero-order valence-corrected chi connectivity index (χ0v) is 12.1. The van der Waals surface area contributed by atoms with Crippen molar-refractivity contribution >= 4 is 11.8 Å². The van der Waals surface area contributed by atoms with E-state index < -0.39 is 29.8 Å². The first-order valence-corrected chi connectivity index (χ1v) is 6.51. The summed E-state index contributed by atoms with van der Waals surface area (Å²) < 4.78 is 37.7. The lowest BCUT2D eigenvalue weighted by atomic mass is 10.1. The second-order valence-corrected chi connectivity index (χ2v) is 4.81. The molecule has 1 rings (SSSR count). The van der Waals surface area contributed by atoms with Crippen LogP contribution in [0.2, 0.25) is 0 Å². The Balaban J connectivity index is 2.64. The second-order valence-electron chi connectivity index (χ2n) is 4.81. The zero-order chi connectivity index (χ0) is 16.9. The maximum atomic E-state index is 12.6. The fourth-order valence-electron chi connectivity index (χ4n) is 1.76. The van der Waals surface area contributed by atoms with Gasteiger partial charge >= 0.3 is 6.18 Å². The minimum absolute atomic E-state index is 0.0438. The van der Waals surface area contributed by atoms with Gasteiger partial charge in [0.25, 0.3) is 0 Å². The number of carbonyl (C=O) groups is 2. The topological polar surface area (TPSA) is 78.4 Å². The van der Waals surface area contributed by atoms with Crippen molar-refractivity contribution in [1.29, 1.82) is 0 Å². The van der Waals surface area contributed by atoms with Gasteiger partial charge in [0.1, 0.15) is 6.04 Å². The van der Waals surface area contributed by atoms with Crippen LogP contribution in [0.5, 0.6) is 0 Å². The van der Waals surface area contributed by atoms with Gasteiger partial charge in [-0.1, -0.05) is 12.1 Å². The van der Waals surface area contributed by atoms with Crippen LogP contribution < -0.4 is 10.6 Å². The Morgan fingerprint density at radius 2 is 1.95 bits per heavy atom. The van der Waals surface area contributed by atoms with Gasteiger partial charge in [-0.2, -0.15) is 13.2 Å². The number of hydrogen-bond donors (Lipinski definition) is 3. The van der Waals surface area contributed by atoms with Crippen LogP contribution in [0.3, 0.4) is 0 Å². The molecule has 2 unspecified atom stereocenters. The SMILES string of the molecule is CC(=O)NC(C)C(=O)NCC(O)c1cccc(C(F)(F)F)c1. The number of halogens is 3. The summed E-state index contributed by atoms with van der Waals surface area (Å²) in [5, 5.41) is 14.6. The predicted molar refractivity (Wildman–Crippen MR) is 72.7 cm³/mol. The number of amides is 2. The van der Waals surface area contributed by atoms with E-state index >= 15 is 0 Å². The summed E-state index contributed by atoms with van der Waals surface area (Å²) in [4.78, 5) is 22.4. The molecule has 0 spiro atoms. The molecule has 0 aliphatic rings. The smallest absolute Gasteiger partial charge is 0.387 e. The number of rotatable bonds is 5. The van der Waals surface area contributed by atoms with Gasteiger partial charge in [0.15, 0.2) is 0 Å². The largest absolute Gasteiger partial charge is 0.416 e. The minimum atomic E-state index is -4.50. The summed E-state index contributed by atoms with van der Waals surface area (Å²) in [6, 6.07) is 3.44. The minimum Gasteiger partial charge on any atom is -0.387 e. The van der Waals surface area contributed by atoms with Crippen molar-refractivity contribution in [3.8, 4) is 0 Å². The Labute approximate surface area is 125 Å². The molecule has 0 heterocycles. The molecule has 3 N–H and O–H groups in total. The lowest BCUT2D eigenvalue weighted by Crippen LogP contribution is -2.45. The summed E-state index contributed by atoms with van der Waals surface area (Å²) in [7, 11) is 0. The Morgan fingerprint density at radius 3 is 2.50 bits per heavy atom. The van der Waals surface area contributed by atoms with E-state index in [1.165, 1.54) is 26.0 Å². The number of aliphatic hydroxyl groups excluding tert-OH is 1. The maximum Gasteiger partial charge on any atom is 0.416 e. The normalized spacial score (nSPS) is 14.1. The van der Waals surface area contributed by atoms with E-state index in [0.29, 0.717) is 0 Å². The van der Waals surface area contributed by atoms with E-state index in [1.807, 2.05) is 0 Å². The van der Waals surface area contributed by atoms with Gasteiger partial charge in [0, 0.05) is 13.5 Å². The number of nitrogens with one attached hydrogen (secondary N) is 2. The maximum absolute atomic E-state index is 12.6. The van der Waals surface area contributed by atoms with Crippen LogP contribution in [-0.2, 0) is 15.8 Å². The highest BCUT2D eigenvalue weighted by Crippen LogP contribution is 2.30. The highest BCUT2D eigenvalue weighted by molar-refractivity contribution is 5.86. The van der Waals surface area contributed by atoms with E-state index in [2.05, 4.69) is 10.6 Å². The summed E-state index contributed by atoms with van der Waals surface area (Å²) in [5.41, 5.74) is -0.829. The van der Waals surface area contributed by atoms with Crippen LogP contribution in [0.25, 0.3) is 0 Å². The molecule has 0 fully saturated rings. The van der Waals surface area contributed by atoms with E-state index in [0.717, 1.165) is 12.1 Å². The van der Waals surface area contributed by atoms with Gasteiger partial charge in [0.05, 0.1) is 11.7 Å². The number of benzene rings is 1. The van der Waals surface area contributed by atoms with Crippen LogP contribution >= 0.6 is 0 Å². The zero-order valence-electron chi connectivity index (χ0n) is 12.1. The number of hydrogen-bond acceptors (Lipinski definition) is 3. The van der Waals surface area contributed by atoms with Crippen LogP contribution in [-0.4, -0.2) is 29.5 Å². The standard InChI is InChI=1S/C14H17F3N2O3/c1-8(19-9(2)20)13(22)18-7-12(21)10-4-3-5-11(6-10)14(15,16)17/h3-6,8,12,21H,7H2,1-2H3,(H,18,22)(H,19,20). The molecule has 0 aliphatic carbocycles.